The second-order valence-corrected chi connectivity index (χ2v) is 6.35. The van der Waals surface area contributed by atoms with Gasteiger partial charge in [0.25, 0.3) is 0 Å². The molecule has 0 bridgehead atoms. The third-order valence-electron chi connectivity index (χ3n) is 2.37. The predicted octanol–water partition coefficient (Wildman–Crippen LogP) is 0.103. The van der Waals surface area contributed by atoms with Crippen molar-refractivity contribution >= 4 is 20.2 Å². The molecule has 1 aromatic rings. The minimum Gasteiger partial charge on any atom is -0.395 e. The largest absolute Gasteiger partial charge is 0.536 e. The van der Waals surface area contributed by atoms with Crippen LogP contribution in [-0.4, -0.2) is 49.0 Å². The molecule has 106 valence electrons. The van der Waals surface area contributed by atoms with Crippen molar-refractivity contribution in [2.75, 3.05) is 34.0 Å². The van der Waals surface area contributed by atoms with E-state index in [1.165, 1.54) is 6.21 Å². The fourth-order valence-electron chi connectivity index (χ4n) is 1.50. The lowest BCUT2D eigenvalue weighted by atomic mass is 10.4. The summed E-state index contributed by atoms with van der Waals surface area (Å²) in [5.41, 5.74) is 5.27. The predicted molar refractivity (Wildman–Crippen MR) is 75.3 cm³/mol. The lowest BCUT2D eigenvalue weighted by molar-refractivity contribution is 0.126. The molecule has 0 unspecified atom stereocenters. The van der Waals surface area contributed by atoms with Gasteiger partial charge in [0.1, 0.15) is 6.61 Å². The summed E-state index contributed by atoms with van der Waals surface area (Å²) in [7, 11) is 0.289. The zero-order chi connectivity index (χ0) is 14.0. The van der Waals surface area contributed by atoms with Gasteiger partial charge in [0.2, 0.25) is 0 Å². The molecular weight excluding hydrogens is 264 g/mol. The summed E-state index contributed by atoms with van der Waals surface area (Å²) in [4.78, 5) is 4.87. The summed E-state index contributed by atoms with van der Waals surface area (Å²) in [5.74, 6) is 0. The second kappa shape index (κ2) is 8.78. The first-order valence-corrected chi connectivity index (χ1v) is 7.65. The van der Waals surface area contributed by atoms with Crippen molar-refractivity contribution in [1.82, 2.24) is 0 Å². The molecule has 0 saturated carbocycles. The van der Waals surface area contributed by atoms with Gasteiger partial charge >= 0.3 is 8.80 Å². The van der Waals surface area contributed by atoms with E-state index in [2.05, 4.69) is 5.16 Å². The Kier molecular flexibility index (Phi) is 7.30. The third-order valence-corrected chi connectivity index (χ3v) is 5.03. The molecule has 0 spiro atoms. The van der Waals surface area contributed by atoms with Gasteiger partial charge in [-0.1, -0.05) is 35.5 Å². The molecule has 1 rings (SSSR count). The Morgan fingerprint density at radius 3 is 2.47 bits per heavy atom. The number of nitrogens with two attached hydrogens (primary N) is 1. The van der Waals surface area contributed by atoms with Crippen LogP contribution in [0.1, 0.15) is 0 Å². The van der Waals surface area contributed by atoms with Crippen LogP contribution in [0.25, 0.3) is 0 Å². The Hall–Kier alpha value is -1.25. The van der Waals surface area contributed by atoms with Crippen molar-refractivity contribution in [3.05, 3.63) is 30.3 Å². The van der Waals surface area contributed by atoms with Gasteiger partial charge in [-0.25, -0.2) is 0 Å². The maximum absolute atomic E-state index is 5.73. The van der Waals surface area contributed by atoms with Gasteiger partial charge in [-0.2, -0.15) is 0 Å². The first kappa shape index (κ1) is 15.8. The lowest BCUT2D eigenvalue weighted by Gasteiger charge is -2.25. The number of nitrogens with zero attached hydrogens (tertiary/aromatic N) is 1. The maximum Gasteiger partial charge on any atom is 0.536 e. The molecule has 0 fully saturated rings. The fourth-order valence-corrected chi connectivity index (χ4v) is 3.43. The summed E-state index contributed by atoms with van der Waals surface area (Å²) in [6.07, 6.45) is 1.51. The van der Waals surface area contributed by atoms with Gasteiger partial charge in [0.05, 0.1) is 12.8 Å². The highest BCUT2D eigenvalue weighted by molar-refractivity contribution is 6.75. The zero-order valence-corrected chi connectivity index (χ0v) is 12.2. The van der Waals surface area contributed by atoms with E-state index in [1.54, 1.807) is 14.2 Å². The van der Waals surface area contributed by atoms with E-state index < -0.39 is 8.80 Å². The molecule has 0 aliphatic rings. The third kappa shape index (κ3) is 4.73. The SMILES string of the molecule is CO[Si](OC)(OCC=NOCCN)c1ccccc1. The highest BCUT2D eigenvalue weighted by Gasteiger charge is 2.41. The molecule has 0 aliphatic heterocycles. The number of oxime groups is 1. The monoisotopic (exact) mass is 284 g/mol. The highest BCUT2D eigenvalue weighted by Crippen LogP contribution is 2.07. The molecule has 0 aromatic heterocycles. The maximum atomic E-state index is 5.73. The van der Waals surface area contributed by atoms with Crippen molar-refractivity contribution in [2.24, 2.45) is 10.9 Å². The first-order chi connectivity index (χ1) is 9.29. The van der Waals surface area contributed by atoms with E-state index in [0.29, 0.717) is 13.2 Å². The molecule has 19 heavy (non-hydrogen) atoms. The average molecular weight is 284 g/mol. The lowest BCUT2D eigenvalue weighted by Crippen LogP contribution is -2.55. The Morgan fingerprint density at radius 1 is 1.21 bits per heavy atom. The van der Waals surface area contributed by atoms with Gasteiger partial charge in [-0.15, -0.1) is 0 Å². The topological polar surface area (TPSA) is 75.3 Å². The van der Waals surface area contributed by atoms with E-state index in [9.17, 15) is 0 Å². The van der Waals surface area contributed by atoms with E-state index in [-0.39, 0.29) is 6.61 Å². The first-order valence-electron chi connectivity index (χ1n) is 5.92. The number of hydrogen-bond acceptors (Lipinski definition) is 6. The fraction of sp³-hybridized carbons (Fsp3) is 0.417. The van der Waals surface area contributed by atoms with Crippen LogP contribution in [0.4, 0.5) is 0 Å². The van der Waals surface area contributed by atoms with Crippen LogP contribution in [0.5, 0.6) is 0 Å². The molecule has 1 aromatic carbocycles. The van der Waals surface area contributed by atoms with Crippen molar-refractivity contribution in [3.63, 3.8) is 0 Å². The molecule has 7 heteroatoms. The van der Waals surface area contributed by atoms with Gasteiger partial charge in [-0.3, -0.25) is 0 Å². The van der Waals surface area contributed by atoms with Gasteiger partial charge in [0, 0.05) is 26.0 Å². The molecule has 0 radical (unpaired) electrons. The zero-order valence-electron chi connectivity index (χ0n) is 11.2. The van der Waals surface area contributed by atoms with Crippen LogP contribution in [0.2, 0.25) is 0 Å². The van der Waals surface area contributed by atoms with E-state index in [4.69, 9.17) is 23.8 Å². The standard InChI is InChI=1S/C12H20N2O4Si/c1-15-19(16-2,12-6-4-3-5-7-12)18-11-9-14-17-10-8-13/h3-7,9H,8,10-11,13H2,1-2H3. The Morgan fingerprint density at radius 2 is 1.89 bits per heavy atom. The van der Waals surface area contributed by atoms with E-state index in [0.717, 1.165) is 5.19 Å². The Labute approximate surface area is 114 Å². The minimum absolute atomic E-state index is 0.243. The molecule has 0 saturated heterocycles. The number of benzene rings is 1. The number of rotatable bonds is 9. The normalized spacial score (nSPS) is 11.9. The van der Waals surface area contributed by atoms with Crippen LogP contribution in [0.15, 0.2) is 35.5 Å². The van der Waals surface area contributed by atoms with Gasteiger partial charge in [-0.05, 0) is 0 Å². The smallest absolute Gasteiger partial charge is 0.395 e. The highest BCUT2D eigenvalue weighted by atomic mass is 28.4. The Bertz CT molecular complexity index is 371. The molecule has 2 N–H and O–H groups in total. The average Bonchev–Trinajstić information content (AvgIpc) is 2.48. The number of hydrogen-bond donors (Lipinski definition) is 1. The Balaban J connectivity index is 2.60. The van der Waals surface area contributed by atoms with Crippen molar-refractivity contribution in [3.8, 4) is 0 Å². The quantitative estimate of drug-likeness (QED) is 0.301. The summed E-state index contributed by atoms with van der Waals surface area (Å²) < 4.78 is 16.7. The minimum atomic E-state index is -2.86. The van der Waals surface area contributed by atoms with Crippen LogP contribution in [-0.2, 0) is 18.1 Å². The molecule has 0 amide bonds. The van der Waals surface area contributed by atoms with Crippen molar-refractivity contribution in [2.45, 2.75) is 0 Å². The van der Waals surface area contributed by atoms with Crippen LogP contribution in [0.3, 0.4) is 0 Å². The van der Waals surface area contributed by atoms with Crippen LogP contribution < -0.4 is 10.9 Å². The van der Waals surface area contributed by atoms with Gasteiger partial charge in [0.15, 0.2) is 0 Å². The summed E-state index contributed by atoms with van der Waals surface area (Å²) >= 11 is 0. The van der Waals surface area contributed by atoms with Crippen LogP contribution in [0, 0.1) is 0 Å². The molecule has 6 nitrogen and oxygen atoms in total. The molecule has 0 aliphatic carbocycles. The molecule has 0 heterocycles. The van der Waals surface area contributed by atoms with Gasteiger partial charge < -0.3 is 23.8 Å². The molecule has 0 atom stereocenters. The summed E-state index contributed by atoms with van der Waals surface area (Å²) in [6.45, 7) is 1.05. The summed E-state index contributed by atoms with van der Waals surface area (Å²) in [5, 5.41) is 4.61. The van der Waals surface area contributed by atoms with E-state index in [1.807, 2.05) is 30.3 Å². The van der Waals surface area contributed by atoms with E-state index >= 15 is 0 Å². The van der Waals surface area contributed by atoms with Crippen molar-refractivity contribution < 1.29 is 18.1 Å². The molecular formula is C12H20N2O4Si. The van der Waals surface area contributed by atoms with Crippen molar-refractivity contribution in [1.29, 1.82) is 0 Å². The summed E-state index contributed by atoms with van der Waals surface area (Å²) in [6, 6.07) is 9.59. The van der Waals surface area contributed by atoms with Crippen LogP contribution >= 0.6 is 0 Å². The second-order valence-electron chi connectivity index (χ2n) is 3.55.